The highest BCUT2D eigenvalue weighted by Crippen LogP contribution is 2.59. The number of anilines is 1. The summed E-state index contributed by atoms with van der Waals surface area (Å²) in [4.78, 5) is 8.84. The lowest BCUT2D eigenvalue weighted by Gasteiger charge is -2.10. The first kappa shape index (κ1) is 32.8. The maximum Gasteiger partial charge on any atom is 0.270 e. The van der Waals surface area contributed by atoms with Gasteiger partial charge in [0, 0.05) is 25.3 Å². The molecule has 0 spiro atoms. The van der Waals surface area contributed by atoms with Gasteiger partial charge in [-0.05, 0) is 43.2 Å². The molecule has 4 aromatic rings. The molecule has 5 rings (SSSR count). The van der Waals surface area contributed by atoms with Crippen molar-refractivity contribution in [1.29, 1.82) is 0 Å². The van der Waals surface area contributed by atoms with Crippen molar-refractivity contribution in [3.8, 4) is 34.3 Å². The smallest absolute Gasteiger partial charge is 0.270 e. The van der Waals surface area contributed by atoms with Crippen LogP contribution in [0.2, 0.25) is 0 Å². The highest BCUT2D eigenvalue weighted by Gasteiger charge is 2.31. The van der Waals surface area contributed by atoms with E-state index in [2.05, 4.69) is 52.3 Å². The molecule has 4 unspecified atom stereocenters. The van der Waals surface area contributed by atoms with Crippen molar-refractivity contribution in [3.63, 3.8) is 0 Å². The van der Waals surface area contributed by atoms with Crippen LogP contribution in [0.4, 0.5) is 14.6 Å². The first-order valence-corrected chi connectivity index (χ1v) is 20.3. The number of benzene rings is 2. The summed E-state index contributed by atoms with van der Waals surface area (Å²) < 4.78 is 63.4. The summed E-state index contributed by atoms with van der Waals surface area (Å²) in [5.41, 5.74) is 7.84. The standard InChI is InChI=1S/C25H24F2N6O4S.H6P4/c26-8-9-29-12-15-1-6-19(20(27)11-15)24-32-33-25(37-24)22-23(28)30-13-21(31-22)16-2-4-17(5-3-16)38(34,35)18-7-10-36-14-18;1-4(2)3/h1-6,11,13,18,29H,7-10,12,14H2,(H2,28,30);1-3H2. The monoisotopic (exact) mass is 672 g/mol. The van der Waals surface area contributed by atoms with Crippen LogP contribution in [-0.2, 0) is 21.1 Å². The molecule has 0 amide bonds. The molecule has 1 saturated heterocycles. The van der Waals surface area contributed by atoms with Crippen molar-refractivity contribution < 1.29 is 26.4 Å². The van der Waals surface area contributed by atoms with E-state index in [1.807, 2.05) is 0 Å². The van der Waals surface area contributed by atoms with E-state index in [9.17, 15) is 17.2 Å². The highest BCUT2D eigenvalue weighted by molar-refractivity contribution is 8.65. The van der Waals surface area contributed by atoms with Gasteiger partial charge in [0.25, 0.3) is 11.8 Å². The lowest BCUT2D eigenvalue weighted by atomic mass is 10.1. The number of nitrogens with two attached hydrogens (primary N) is 1. The Labute approximate surface area is 250 Å². The topological polar surface area (TPSA) is 146 Å². The van der Waals surface area contributed by atoms with Crippen LogP contribution in [0.15, 0.2) is 58.0 Å². The van der Waals surface area contributed by atoms with Gasteiger partial charge in [-0.25, -0.2) is 27.2 Å². The molecule has 0 radical (unpaired) electrons. The molecular weight excluding hydrogens is 642 g/mol. The molecular formula is C25H30F2N6O4P4S. The third-order valence-electron chi connectivity index (χ3n) is 6.10. The van der Waals surface area contributed by atoms with Crippen molar-refractivity contribution in [2.75, 3.05) is 32.2 Å². The minimum Gasteiger partial charge on any atom is -0.414 e. The molecule has 42 heavy (non-hydrogen) atoms. The number of halogens is 2. The summed E-state index contributed by atoms with van der Waals surface area (Å²) in [6, 6.07) is 10.8. The van der Waals surface area contributed by atoms with E-state index < -0.39 is 27.6 Å². The third-order valence-corrected chi connectivity index (χ3v) is 8.28. The molecule has 224 valence electrons. The van der Waals surface area contributed by atoms with Crippen molar-refractivity contribution in [2.45, 2.75) is 23.1 Å². The summed E-state index contributed by atoms with van der Waals surface area (Å²) in [5, 5.41) is 10.2. The SMILES string of the molecule is Nc1ncc(-c2ccc(S(=O)(=O)C3CCOC3)cc2)nc1-c1nnc(-c2ccc(CNCCF)cc2F)o1.PP(P)P. The Balaban J connectivity index is 0.000000952. The van der Waals surface area contributed by atoms with Crippen molar-refractivity contribution in [1.82, 2.24) is 25.5 Å². The number of hydrogen-bond donors (Lipinski definition) is 2. The number of rotatable bonds is 9. The molecule has 4 atom stereocenters. The number of alkyl halides is 1. The number of hydrogen-bond acceptors (Lipinski definition) is 10. The fraction of sp³-hybridized carbons (Fsp3) is 0.280. The molecule has 0 bridgehead atoms. The van der Waals surface area contributed by atoms with Gasteiger partial charge in [0.1, 0.15) is 12.5 Å². The number of sulfone groups is 1. The number of ether oxygens (including phenoxy) is 1. The molecule has 2 aromatic carbocycles. The fourth-order valence-corrected chi connectivity index (χ4v) is 5.61. The van der Waals surface area contributed by atoms with Gasteiger partial charge >= 0.3 is 0 Å². The maximum absolute atomic E-state index is 14.7. The van der Waals surface area contributed by atoms with Crippen LogP contribution < -0.4 is 11.1 Å². The lowest BCUT2D eigenvalue weighted by Crippen LogP contribution is -2.21. The molecule has 17 heteroatoms. The summed E-state index contributed by atoms with van der Waals surface area (Å²) in [7, 11) is 4.45. The Kier molecular flexibility index (Phi) is 11.8. The van der Waals surface area contributed by atoms with Crippen LogP contribution in [0.5, 0.6) is 0 Å². The molecule has 3 heterocycles. The van der Waals surface area contributed by atoms with Crippen molar-refractivity contribution >= 4 is 49.4 Å². The predicted molar refractivity (Wildman–Crippen MR) is 171 cm³/mol. The van der Waals surface area contributed by atoms with Gasteiger partial charge in [-0.2, -0.15) is 0 Å². The van der Waals surface area contributed by atoms with Gasteiger partial charge < -0.3 is 20.2 Å². The first-order valence-electron chi connectivity index (χ1n) is 12.6. The zero-order chi connectivity index (χ0) is 30.3. The maximum atomic E-state index is 14.7. The number of nitrogen functional groups attached to an aromatic ring is 1. The highest BCUT2D eigenvalue weighted by atomic mass is 32.7. The lowest BCUT2D eigenvalue weighted by molar-refractivity contribution is 0.198. The van der Waals surface area contributed by atoms with E-state index in [0.717, 1.165) is 0 Å². The van der Waals surface area contributed by atoms with E-state index in [0.29, 0.717) is 36.4 Å². The zero-order valence-electron chi connectivity index (χ0n) is 22.3. The van der Waals surface area contributed by atoms with Gasteiger partial charge in [-0.15, -0.1) is 37.0 Å². The Morgan fingerprint density at radius 3 is 2.45 bits per heavy atom. The molecule has 1 aliphatic heterocycles. The van der Waals surface area contributed by atoms with Crippen LogP contribution in [0.1, 0.15) is 12.0 Å². The second-order valence-electron chi connectivity index (χ2n) is 9.08. The average molecular weight is 673 g/mol. The Morgan fingerprint density at radius 2 is 1.81 bits per heavy atom. The molecule has 0 saturated carbocycles. The zero-order valence-corrected chi connectivity index (χ0v) is 27.5. The van der Waals surface area contributed by atoms with Crippen molar-refractivity contribution in [3.05, 3.63) is 60.0 Å². The minimum atomic E-state index is -3.50. The second-order valence-corrected chi connectivity index (χ2v) is 22.9. The van der Waals surface area contributed by atoms with Gasteiger partial charge in [0.05, 0.1) is 34.2 Å². The van der Waals surface area contributed by atoms with E-state index in [1.165, 1.54) is 30.5 Å². The number of aromatic nitrogens is 4. The Morgan fingerprint density at radius 1 is 1.10 bits per heavy atom. The van der Waals surface area contributed by atoms with Crippen LogP contribution in [0.25, 0.3) is 34.3 Å². The number of nitrogens with one attached hydrogen (secondary N) is 1. The summed E-state index contributed by atoms with van der Waals surface area (Å²) in [6.07, 6.45) is 1.91. The van der Waals surface area contributed by atoms with Crippen LogP contribution in [0.3, 0.4) is 0 Å². The summed E-state index contributed by atoms with van der Waals surface area (Å²) in [6.45, 7) is 0.732. The van der Waals surface area contributed by atoms with E-state index in [-0.39, 0.29) is 53.9 Å². The average Bonchev–Trinajstić information content (AvgIpc) is 3.67. The quantitative estimate of drug-likeness (QED) is 0.183. The van der Waals surface area contributed by atoms with Gasteiger partial charge in [0.2, 0.25) is 0 Å². The van der Waals surface area contributed by atoms with Crippen LogP contribution in [-0.4, -0.2) is 60.3 Å². The van der Waals surface area contributed by atoms with E-state index in [1.54, 1.807) is 18.2 Å². The molecule has 1 fully saturated rings. The van der Waals surface area contributed by atoms with Crippen LogP contribution >= 0.6 is 33.8 Å². The normalized spacial score (nSPS) is 15.0. The predicted octanol–water partition coefficient (Wildman–Crippen LogP) is 5.04. The summed E-state index contributed by atoms with van der Waals surface area (Å²) >= 11 is 0. The summed E-state index contributed by atoms with van der Waals surface area (Å²) in [5.74, 6) is -0.677. The molecule has 3 N–H and O–H groups in total. The third kappa shape index (κ3) is 8.29. The molecule has 10 nitrogen and oxygen atoms in total. The number of nitrogens with zero attached hydrogens (tertiary/aromatic N) is 4. The molecule has 0 aliphatic carbocycles. The Hall–Kier alpha value is -2.09. The van der Waals surface area contributed by atoms with Gasteiger partial charge in [-0.3, -0.25) is 0 Å². The van der Waals surface area contributed by atoms with E-state index >= 15 is 0 Å². The second kappa shape index (κ2) is 15.1. The molecule has 1 aliphatic rings. The van der Waals surface area contributed by atoms with Gasteiger partial charge in [0.15, 0.2) is 21.3 Å². The van der Waals surface area contributed by atoms with Gasteiger partial charge in [-0.1, -0.05) is 18.2 Å². The van der Waals surface area contributed by atoms with E-state index in [4.69, 9.17) is 14.9 Å². The molecule has 2 aromatic heterocycles. The first-order chi connectivity index (χ1) is 20.1. The van der Waals surface area contributed by atoms with Crippen LogP contribution in [0, 0.1) is 5.82 Å². The van der Waals surface area contributed by atoms with Crippen molar-refractivity contribution in [2.24, 2.45) is 0 Å². The largest absolute Gasteiger partial charge is 0.414 e. The fourth-order valence-electron chi connectivity index (χ4n) is 4.03. The minimum absolute atomic E-state index is 0.0270. The Bertz CT molecular complexity index is 1600.